The number of methoxy groups -OCH3 is 1. The Labute approximate surface area is 77.6 Å². The summed E-state index contributed by atoms with van der Waals surface area (Å²) in [6, 6.07) is -0.189. The summed E-state index contributed by atoms with van der Waals surface area (Å²) in [5.41, 5.74) is 0. The molecule has 0 saturated heterocycles. The number of halogens is 1. The van der Waals surface area contributed by atoms with Gasteiger partial charge in [-0.3, -0.25) is 0 Å². The molecule has 5 heteroatoms. The number of nitrogens with one attached hydrogen (secondary N) is 2. The van der Waals surface area contributed by atoms with Crippen LogP contribution in [-0.2, 0) is 4.74 Å². The Bertz CT molecular complexity index is 133. The molecule has 0 aliphatic carbocycles. The molecule has 0 saturated carbocycles. The summed E-state index contributed by atoms with van der Waals surface area (Å²) < 4.78 is 4.84. The molecule has 72 valence electrons. The fourth-order valence-corrected chi connectivity index (χ4v) is 0.822. The SMILES string of the molecule is COC[C@H](C)NC(=O)NCCCl. The third kappa shape index (κ3) is 6.24. The number of carbonyl (C=O) groups is 1. The van der Waals surface area contributed by atoms with Crippen molar-refractivity contribution in [1.29, 1.82) is 0 Å². The molecule has 0 unspecified atom stereocenters. The predicted octanol–water partition coefficient (Wildman–Crippen LogP) is 0.559. The average Bonchev–Trinajstić information content (AvgIpc) is 2.01. The van der Waals surface area contributed by atoms with Gasteiger partial charge >= 0.3 is 6.03 Å². The van der Waals surface area contributed by atoms with Crippen LogP contribution in [-0.4, -0.2) is 38.2 Å². The second-order valence-corrected chi connectivity index (χ2v) is 2.82. The monoisotopic (exact) mass is 194 g/mol. The molecular weight excluding hydrogens is 180 g/mol. The van der Waals surface area contributed by atoms with Crippen LogP contribution in [0.4, 0.5) is 4.79 Å². The molecule has 0 aromatic carbocycles. The number of alkyl halides is 1. The Balaban J connectivity index is 3.40. The Morgan fingerprint density at radius 1 is 1.67 bits per heavy atom. The normalized spacial score (nSPS) is 12.2. The van der Waals surface area contributed by atoms with Crippen LogP contribution in [0.2, 0.25) is 0 Å². The van der Waals surface area contributed by atoms with E-state index < -0.39 is 0 Å². The molecule has 0 rings (SSSR count). The molecule has 1 atom stereocenters. The lowest BCUT2D eigenvalue weighted by Gasteiger charge is -2.12. The van der Waals surface area contributed by atoms with Gasteiger partial charge in [0.25, 0.3) is 0 Å². The first-order valence-electron chi connectivity index (χ1n) is 3.80. The predicted molar refractivity (Wildman–Crippen MR) is 48.6 cm³/mol. The van der Waals surface area contributed by atoms with Gasteiger partial charge in [0.05, 0.1) is 12.6 Å². The van der Waals surface area contributed by atoms with E-state index in [0.29, 0.717) is 19.0 Å². The molecule has 0 aliphatic rings. The summed E-state index contributed by atoms with van der Waals surface area (Å²) in [6.07, 6.45) is 0. The van der Waals surface area contributed by atoms with E-state index >= 15 is 0 Å². The van der Waals surface area contributed by atoms with Gasteiger partial charge in [-0.1, -0.05) is 0 Å². The molecule has 4 nitrogen and oxygen atoms in total. The van der Waals surface area contributed by atoms with Gasteiger partial charge in [0, 0.05) is 19.5 Å². The van der Waals surface area contributed by atoms with Gasteiger partial charge in [-0.2, -0.15) is 0 Å². The zero-order chi connectivity index (χ0) is 9.40. The zero-order valence-corrected chi connectivity index (χ0v) is 8.15. The van der Waals surface area contributed by atoms with E-state index in [2.05, 4.69) is 10.6 Å². The molecular formula is C7H15ClN2O2. The molecule has 12 heavy (non-hydrogen) atoms. The number of hydrogen-bond acceptors (Lipinski definition) is 2. The van der Waals surface area contributed by atoms with Crippen molar-refractivity contribution in [3.8, 4) is 0 Å². The van der Waals surface area contributed by atoms with Crippen molar-refractivity contribution in [3.63, 3.8) is 0 Å². The van der Waals surface area contributed by atoms with E-state index in [9.17, 15) is 4.79 Å². The van der Waals surface area contributed by atoms with Crippen molar-refractivity contribution in [2.24, 2.45) is 0 Å². The maximum atomic E-state index is 11.0. The van der Waals surface area contributed by atoms with Crippen LogP contribution in [0, 0.1) is 0 Å². The number of urea groups is 1. The average molecular weight is 195 g/mol. The summed E-state index contributed by atoms with van der Waals surface area (Å²) in [5.74, 6) is 0.423. The molecule has 0 aromatic heterocycles. The van der Waals surface area contributed by atoms with Gasteiger partial charge < -0.3 is 15.4 Å². The van der Waals surface area contributed by atoms with Crippen LogP contribution < -0.4 is 10.6 Å². The van der Waals surface area contributed by atoms with Gasteiger partial charge in [-0.05, 0) is 6.92 Å². The summed E-state index contributed by atoms with van der Waals surface area (Å²) in [5, 5.41) is 5.27. The number of amides is 2. The Morgan fingerprint density at radius 3 is 2.83 bits per heavy atom. The van der Waals surface area contributed by atoms with E-state index in [1.165, 1.54) is 0 Å². The smallest absolute Gasteiger partial charge is 0.315 e. The summed E-state index contributed by atoms with van der Waals surface area (Å²) in [4.78, 5) is 11.0. The van der Waals surface area contributed by atoms with E-state index in [4.69, 9.17) is 16.3 Å². The number of ether oxygens (including phenoxy) is 1. The van der Waals surface area contributed by atoms with Crippen molar-refractivity contribution >= 4 is 17.6 Å². The Morgan fingerprint density at radius 2 is 2.33 bits per heavy atom. The lowest BCUT2D eigenvalue weighted by atomic mass is 10.4. The highest BCUT2D eigenvalue weighted by atomic mass is 35.5. The quantitative estimate of drug-likeness (QED) is 0.629. The largest absolute Gasteiger partial charge is 0.383 e. The van der Waals surface area contributed by atoms with Gasteiger partial charge in [0.15, 0.2) is 0 Å². The topological polar surface area (TPSA) is 50.4 Å². The number of carbonyl (C=O) groups excluding carboxylic acids is 1. The van der Waals surface area contributed by atoms with Crippen LogP contribution >= 0.6 is 11.6 Å². The zero-order valence-electron chi connectivity index (χ0n) is 7.39. The first kappa shape index (κ1) is 11.5. The van der Waals surface area contributed by atoms with Gasteiger partial charge in [0.1, 0.15) is 0 Å². The molecule has 0 aromatic rings. The molecule has 0 heterocycles. The van der Waals surface area contributed by atoms with Crippen molar-refractivity contribution < 1.29 is 9.53 Å². The fourth-order valence-electron chi connectivity index (χ4n) is 0.727. The van der Waals surface area contributed by atoms with Crippen LogP contribution in [0.5, 0.6) is 0 Å². The first-order valence-corrected chi connectivity index (χ1v) is 4.33. The number of hydrogen-bond donors (Lipinski definition) is 2. The van der Waals surface area contributed by atoms with Crippen molar-refractivity contribution in [2.45, 2.75) is 13.0 Å². The molecule has 0 aliphatic heterocycles. The molecule has 0 fully saturated rings. The molecule has 0 bridgehead atoms. The van der Waals surface area contributed by atoms with Gasteiger partial charge in [-0.15, -0.1) is 11.6 Å². The summed E-state index contributed by atoms with van der Waals surface area (Å²) in [6.45, 7) is 2.85. The van der Waals surface area contributed by atoms with Crippen molar-refractivity contribution in [2.75, 3.05) is 26.1 Å². The highest BCUT2D eigenvalue weighted by molar-refractivity contribution is 6.18. The van der Waals surface area contributed by atoms with Gasteiger partial charge in [0.2, 0.25) is 0 Å². The lowest BCUT2D eigenvalue weighted by Crippen LogP contribution is -2.43. The maximum Gasteiger partial charge on any atom is 0.315 e. The van der Waals surface area contributed by atoms with Crippen LogP contribution in [0.15, 0.2) is 0 Å². The van der Waals surface area contributed by atoms with E-state index in [1.807, 2.05) is 6.92 Å². The van der Waals surface area contributed by atoms with E-state index in [1.54, 1.807) is 7.11 Å². The number of rotatable bonds is 5. The van der Waals surface area contributed by atoms with Crippen LogP contribution in [0.1, 0.15) is 6.92 Å². The maximum absolute atomic E-state index is 11.0. The Hall–Kier alpha value is -0.480. The highest BCUT2D eigenvalue weighted by Crippen LogP contribution is 1.81. The third-order valence-corrected chi connectivity index (χ3v) is 1.36. The third-order valence-electron chi connectivity index (χ3n) is 1.17. The van der Waals surface area contributed by atoms with Crippen molar-refractivity contribution in [3.05, 3.63) is 0 Å². The molecule has 0 spiro atoms. The minimum Gasteiger partial charge on any atom is -0.383 e. The van der Waals surface area contributed by atoms with Crippen molar-refractivity contribution in [1.82, 2.24) is 10.6 Å². The van der Waals surface area contributed by atoms with E-state index in [-0.39, 0.29) is 12.1 Å². The minimum atomic E-state index is -0.208. The fraction of sp³-hybridized carbons (Fsp3) is 0.857. The van der Waals surface area contributed by atoms with Crippen LogP contribution in [0.3, 0.4) is 0 Å². The molecule has 2 N–H and O–H groups in total. The molecule has 2 amide bonds. The second-order valence-electron chi connectivity index (χ2n) is 2.45. The minimum absolute atomic E-state index is 0.0188. The first-order chi connectivity index (χ1) is 5.70. The summed E-state index contributed by atoms with van der Waals surface area (Å²) in [7, 11) is 1.59. The summed E-state index contributed by atoms with van der Waals surface area (Å²) >= 11 is 5.38. The van der Waals surface area contributed by atoms with Gasteiger partial charge in [-0.25, -0.2) is 4.79 Å². The van der Waals surface area contributed by atoms with Crippen LogP contribution in [0.25, 0.3) is 0 Å². The lowest BCUT2D eigenvalue weighted by molar-refractivity contribution is 0.171. The Kier molecular flexibility index (Phi) is 6.90. The van der Waals surface area contributed by atoms with E-state index in [0.717, 1.165) is 0 Å². The molecule has 0 radical (unpaired) electrons. The highest BCUT2D eigenvalue weighted by Gasteiger charge is 2.04. The second kappa shape index (κ2) is 7.18. The standard InChI is InChI=1S/C7H15ClN2O2/c1-6(5-12-2)10-7(11)9-4-3-8/h6H,3-5H2,1-2H3,(H2,9,10,11)/t6-/m0/s1.